The van der Waals surface area contributed by atoms with Gasteiger partial charge in [-0.05, 0) is 27.2 Å². The molecule has 2 unspecified atom stereocenters. The van der Waals surface area contributed by atoms with Gasteiger partial charge in [0.05, 0.1) is 18.0 Å². The highest BCUT2D eigenvalue weighted by Gasteiger charge is 2.41. The highest BCUT2D eigenvalue weighted by Crippen LogP contribution is 2.45. The van der Waals surface area contributed by atoms with Gasteiger partial charge in [0.1, 0.15) is 11.9 Å². The van der Waals surface area contributed by atoms with E-state index in [4.69, 9.17) is 4.74 Å². The lowest BCUT2D eigenvalue weighted by Gasteiger charge is -2.27. The zero-order chi connectivity index (χ0) is 20.8. The maximum absolute atomic E-state index is 12.1. The van der Waals surface area contributed by atoms with Gasteiger partial charge in [0.25, 0.3) is 0 Å². The van der Waals surface area contributed by atoms with Gasteiger partial charge >= 0.3 is 0 Å². The first-order chi connectivity index (χ1) is 12.5. The molecule has 0 aromatic rings. The number of nitrogens with one attached hydrogen (secondary N) is 1. The summed E-state index contributed by atoms with van der Waals surface area (Å²) in [5.41, 5.74) is 0.655. The molecule has 0 saturated carbocycles. The van der Waals surface area contributed by atoms with Gasteiger partial charge < -0.3 is 20.3 Å². The van der Waals surface area contributed by atoms with E-state index in [2.05, 4.69) is 11.9 Å². The first-order valence-corrected chi connectivity index (χ1v) is 9.76. The average Bonchev–Trinajstić information content (AvgIpc) is 2.82. The number of thioether (sulfide) groups is 1. The standard InChI is InChI=1S/C20H31NO5S/c1-7-13(2)11-20(6)16(14(3)18(25)27-20)26-10-8-9-21-17(24)15(23)19(4,5)12-22/h7,11,15,22-23H,1,8-10,12H2,2-6H3,(H,21,24)/b13-11+. The lowest BCUT2D eigenvalue weighted by atomic mass is 9.87. The lowest BCUT2D eigenvalue weighted by molar-refractivity contribution is -0.137. The Balaban J connectivity index is 2.59. The number of hydrogen-bond donors (Lipinski definition) is 3. The molecule has 1 aliphatic heterocycles. The molecule has 3 N–H and O–H groups in total. The molecule has 0 aromatic carbocycles. The van der Waals surface area contributed by atoms with Gasteiger partial charge in [0.15, 0.2) is 0 Å². The van der Waals surface area contributed by atoms with Crippen LogP contribution in [0.15, 0.2) is 35.6 Å². The van der Waals surface area contributed by atoms with E-state index < -0.39 is 22.2 Å². The number of allylic oxidation sites excluding steroid dienone is 2. The smallest absolute Gasteiger partial charge is 0.249 e. The van der Waals surface area contributed by atoms with E-state index in [0.29, 0.717) is 30.9 Å². The molecule has 0 aliphatic carbocycles. The lowest BCUT2D eigenvalue weighted by Crippen LogP contribution is -2.45. The molecular formula is C20H31NO5S. The van der Waals surface area contributed by atoms with Gasteiger partial charge in [0.2, 0.25) is 11.0 Å². The summed E-state index contributed by atoms with van der Waals surface area (Å²) in [6.45, 7) is 12.9. The monoisotopic (exact) mass is 397 g/mol. The summed E-state index contributed by atoms with van der Waals surface area (Å²) in [7, 11) is 0. The van der Waals surface area contributed by atoms with E-state index in [1.807, 2.05) is 19.9 Å². The minimum atomic E-state index is -1.28. The van der Waals surface area contributed by atoms with Gasteiger partial charge in [-0.3, -0.25) is 9.59 Å². The Labute approximate surface area is 165 Å². The van der Waals surface area contributed by atoms with E-state index >= 15 is 0 Å². The predicted octanol–water partition coefficient (Wildman–Crippen LogP) is 2.33. The number of carbonyl (C=O) groups is 2. The molecule has 27 heavy (non-hydrogen) atoms. The summed E-state index contributed by atoms with van der Waals surface area (Å²) in [6.07, 6.45) is 2.93. The normalized spacial score (nSPS) is 22.0. The molecule has 0 spiro atoms. The number of aliphatic hydroxyl groups excluding tert-OH is 2. The molecule has 1 aliphatic rings. The van der Waals surface area contributed by atoms with Crippen LogP contribution < -0.4 is 5.32 Å². The van der Waals surface area contributed by atoms with Gasteiger partial charge in [-0.25, -0.2) is 0 Å². The second kappa shape index (κ2) is 9.57. The van der Waals surface area contributed by atoms with Crippen molar-refractivity contribution in [2.24, 2.45) is 5.41 Å². The van der Waals surface area contributed by atoms with Crippen molar-refractivity contribution in [3.63, 3.8) is 0 Å². The van der Waals surface area contributed by atoms with Gasteiger partial charge in [-0.1, -0.05) is 49.9 Å². The van der Waals surface area contributed by atoms with E-state index in [9.17, 15) is 19.8 Å². The van der Waals surface area contributed by atoms with Crippen LogP contribution in [0.1, 0.15) is 41.0 Å². The Morgan fingerprint density at radius 2 is 2.11 bits per heavy atom. The fraction of sp³-hybridized carbons (Fsp3) is 0.600. The zero-order valence-corrected chi connectivity index (χ0v) is 17.6. The molecule has 2 atom stereocenters. The molecule has 152 valence electrons. The largest absolute Gasteiger partial charge is 0.496 e. The van der Waals surface area contributed by atoms with Crippen LogP contribution in [0.4, 0.5) is 0 Å². The molecule has 0 aromatic heterocycles. The molecule has 1 amide bonds. The molecule has 1 rings (SSSR count). The van der Waals surface area contributed by atoms with E-state index in [0.717, 1.165) is 5.57 Å². The Hall–Kier alpha value is -1.57. The van der Waals surface area contributed by atoms with Crippen molar-refractivity contribution in [1.82, 2.24) is 5.32 Å². The van der Waals surface area contributed by atoms with Crippen LogP contribution >= 0.6 is 11.8 Å². The average molecular weight is 398 g/mol. The summed E-state index contributed by atoms with van der Waals surface area (Å²) in [6, 6.07) is 0. The van der Waals surface area contributed by atoms with E-state index in [1.54, 1.807) is 26.8 Å². The van der Waals surface area contributed by atoms with Crippen molar-refractivity contribution in [2.45, 2.75) is 51.9 Å². The number of aliphatic hydroxyl groups is 2. The van der Waals surface area contributed by atoms with Crippen molar-refractivity contribution < 1.29 is 24.5 Å². The van der Waals surface area contributed by atoms with Crippen molar-refractivity contribution in [2.75, 3.05) is 19.8 Å². The number of amides is 1. The fourth-order valence-electron chi connectivity index (χ4n) is 2.62. The summed E-state index contributed by atoms with van der Waals surface area (Å²) in [5, 5.41) is 21.8. The first kappa shape index (κ1) is 23.5. The van der Waals surface area contributed by atoms with Gasteiger partial charge in [-0.2, -0.15) is 0 Å². The van der Waals surface area contributed by atoms with Crippen molar-refractivity contribution in [1.29, 1.82) is 0 Å². The van der Waals surface area contributed by atoms with Crippen LogP contribution in [0.25, 0.3) is 0 Å². The first-order valence-electron chi connectivity index (χ1n) is 8.94. The molecule has 7 heteroatoms. The third-order valence-electron chi connectivity index (χ3n) is 4.49. The highest BCUT2D eigenvalue weighted by molar-refractivity contribution is 8.16. The van der Waals surface area contributed by atoms with Gasteiger partial charge in [0, 0.05) is 17.5 Å². The molecule has 0 bridgehead atoms. The van der Waals surface area contributed by atoms with Crippen molar-refractivity contribution >= 4 is 22.8 Å². The van der Waals surface area contributed by atoms with Crippen LogP contribution in [0.2, 0.25) is 0 Å². The van der Waals surface area contributed by atoms with Crippen LogP contribution in [0, 0.1) is 5.41 Å². The number of carbonyl (C=O) groups excluding carboxylic acids is 2. The van der Waals surface area contributed by atoms with Crippen molar-refractivity contribution in [3.05, 3.63) is 35.6 Å². The Bertz CT molecular complexity index is 653. The molecule has 0 fully saturated rings. The molecule has 1 heterocycles. The van der Waals surface area contributed by atoms with E-state index in [1.165, 1.54) is 11.8 Å². The summed E-state index contributed by atoms with van der Waals surface area (Å²) < 4.78 is 5.32. The number of hydrogen-bond acceptors (Lipinski definition) is 6. The minimum Gasteiger partial charge on any atom is -0.496 e. The third kappa shape index (κ3) is 5.96. The maximum Gasteiger partial charge on any atom is 0.249 e. The van der Waals surface area contributed by atoms with Gasteiger partial charge in [-0.15, -0.1) is 0 Å². The van der Waals surface area contributed by atoms with Crippen LogP contribution in [0.3, 0.4) is 0 Å². The Kier molecular flexibility index (Phi) is 8.32. The molecule has 6 nitrogen and oxygen atoms in total. The number of ether oxygens (including phenoxy) is 1. The van der Waals surface area contributed by atoms with E-state index in [-0.39, 0.29) is 11.7 Å². The van der Waals surface area contributed by atoms with Crippen LogP contribution in [0.5, 0.6) is 0 Å². The summed E-state index contributed by atoms with van der Waals surface area (Å²) in [4.78, 5) is 24.0. The molecule has 0 radical (unpaired) electrons. The summed E-state index contributed by atoms with van der Waals surface area (Å²) >= 11 is 1.22. The Morgan fingerprint density at radius 3 is 2.67 bits per heavy atom. The molecular weight excluding hydrogens is 366 g/mol. The second-order valence-corrected chi connectivity index (χ2v) is 9.01. The fourth-order valence-corrected chi connectivity index (χ4v) is 3.80. The topological polar surface area (TPSA) is 95.9 Å². The maximum atomic E-state index is 12.1. The second-order valence-electron chi connectivity index (χ2n) is 7.59. The minimum absolute atomic E-state index is 0.0109. The quantitative estimate of drug-likeness (QED) is 0.387. The predicted molar refractivity (Wildman–Crippen MR) is 108 cm³/mol. The SMILES string of the molecule is C=C/C(C)=C/C1(C)SC(=O)C(C)=C1OCCCNC(=O)C(O)C(C)(C)CO. The number of rotatable bonds is 10. The Morgan fingerprint density at radius 1 is 1.48 bits per heavy atom. The summed E-state index contributed by atoms with van der Waals surface area (Å²) in [5.74, 6) is 0.108. The highest BCUT2D eigenvalue weighted by atomic mass is 32.2. The third-order valence-corrected chi connectivity index (χ3v) is 5.71. The van der Waals surface area contributed by atoms with Crippen LogP contribution in [-0.2, 0) is 14.3 Å². The zero-order valence-electron chi connectivity index (χ0n) is 16.8. The molecule has 0 saturated heterocycles. The van der Waals surface area contributed by atoms with Crippen LogP contribution in [-0.4, -0.2) is 51.8 Å². The van der Waals surface area contributed by atoms with Crippen molar-refractivity contribution in [3.8, 4) is 0 Å².